The van der Waals surface area contributed by atoms with Gasteiger partial charge in [-0.25, -0.2) is 4.39 Å². The second-order valence-corrected chi connectivity index (χ2v) is 4.11. The van der Waals surface area contributed by atoms with Gasteiger partial charge in [0, 0.05) is 6.54 Å². The molecule has 2 N–H and O–H groups in total. The topological polar surface area (TPSA) is 45.4 Å². The maximum absolute atomic E-state index is 12.7. The maximum Gasteiger partial charge on any atom is 0.123 e. The van der Waals surface area contributed by atoms with Crippen molar-refractivity contribution in [3.63, 3.8) is 0 Å². The maximum atomic E-state index is 12.7. The normalized spacial score (nSPS) is 12.9. The van der Waals surface area contributed by atoms with Crippen molar-refractivity contribution in [2.75, 3.05) is 13.2 Å². The summed E-state index contributed by atoms with van der Waals surface area (Å²) in [7, 11) is 0. The van der Waals surface area contributed by atoms with Gasteiger partial charge in [0.25, 0.3) is 0 Å². The van der Waals surface area contributed by atoms with Crippen molar-refractivity contribution in [1.29, 1.82) is 0 Å². The molecule has 0 saturated carbocycles. The molecule has 3 nitrogen and oxygen atoms in total. The molecule has 0 bridgehead atoms. The molecule has 100 valence electrons. The first-order chi connectivity index (χ1) is 9.29. The van der Waals surface area contributed by atoms with E-state index in [4.69, 9.17) is 4.42 Å². The van der Waals surface area contributed by atoms with Gasteiger partial charge in [0.05, 0.1) is 18.9 Å². The molecule has 2 rings (SSSR count). The van der Waals surface area contributed by atoms with Crippen LogP contribution in [0.3, 0.4) is 0 Å². The summed E-state index contributed by atoms with van der Waals surface area (Å²) in [6, 6.07) is 9.65. The van der Waals surface area contributed by atoms with Crippen molar-refractivity contribution >= 4 is 6.08 Å². The molecule has 0 amide bonds. The fourth-order valence-corrected chi connectivity index (χ4v) is 1.72. The standard InChI is InChI=1S/C15H16FNO2/c16-13-7-5-12(6-8-13)3-1-9-17-14(11-18)15-4-2-10-19-15/h1-8,10,14,17-18H,9,11H2/b3-1+. The Hall–Kier alpha value is -1.91. The van der Waals surface area contributed by atoms with Gasteiger partial charge in [-0.3, -0.25) is 0 Å². The predicted molar refractivity (Wildman–Crippen MR) is 72.0 cm³/mol. The van der Waals surface area contributed by atoms with Gasteiger partial charge in [0.2, 0.25) is 0 Å². The highest BCUT2D eigenvalue weighted by molar-refractivity contribution is 5.48. The second-order valence-electron chi connectivity index (χ2n) is 4.11. The van der Waals surface area contributed by atoms with Gasteiger partial charge in [-0.1, -0.05) is 24.3 Å². The summed E-state index contributed by atoms with van der Waals surface area (Å²) >= 11 is 0. The summed E-state index contributed by atoms with van der Waals surface area (Å²) < 4.78 is 17.9. The Kier molecular flexibility index (Phi) is 4.89. The summed E-state index contributed by atoms with van der Waals surface area (Å²) in [6.45, 7) is 0.557. The summed E-state index contributed by atoms with van der Waals surface area (Å²) in [6.07, 6.45) is 5.38. The third-order valence-corrected chi connectivity index (χ3v) is 2.73. The molecule has 1 aromatic carbocycles. The highest BCUT2D eigenvalue weighted by Gasteiger charge is 2.10. The average molecular weight is 261 g/mol. The molecule has 4 heteroatoms. The average Bonchev–Trinajstić information content (AvgIpc) is 2.95. The lowest BCUT2D eigenvalue weighted by Crippen LogP contribution is -2.23. The highest BCUT2D eigenvalue weighted by Crippen LogP contribution is 2.12. The van der Waals surface area contributed by atoms with Gasteiger partial charge < -0.3 is 14.8 Å². The minimum Gasteiger partial charge on any atom is -0.468 e. The summed E-state index contributed by atoms with van der Waals surface area (Å²) in [4.78, 5) is 0. The highest BCUT2D eigenvalue weighted by atomic mass is 19.1. The van der Waals surface area contributed by atoms with E-state index in [-0.39, 0.29) is 18.5 Å². The van der Waals surface area contributed by atoms with Gasteiger partial charge in [-0.2, -0.15) is 0 Å². The summed E-state index contributed by atoms with van der Waals surface area (Å²) in [5.74, 6) is 0.464. The third-order valence-electron chi connectivity index (χ3n) is 2.73. The molecule has 0 saturated heterocycles. The molecule has 0 radical (unpaired) electrons. The SMILES string of the molecule is OCC(NC/C=C/c1ccc(F)cc1)c1ccco1. The van der Waals surface area contributed by atoms with Crippen molar-refractivity contribution in [1.82, 2.24) is 5.32 Å². The van der Waals surface area contributed by atoms with Crippen LogP contribution < -0.4 is 5.32 Å². The third kappa shape index (κ3) is 4.05. The minimum atomic E-state index is -0.242. The van der Waals surface area contributed by atoms with Crippen LogP contribution in [0.2, 0.25) is 0 Å². The van der Waals surface area contributed by atoms with Crippen LogP contribution in [0, 0.1) is 5.82 Å². The molecule has 19 heavy (non-hydrogen) atoms. The van der Waals surface area contributed by atoms with Crippen molar-refractivity contribution in [3.05, 3.63) is 65.9 Å². The minimum absolute atomic E-state index is 0.0299. The molecule has 1 aromatic heterocycles. The van der Waals surface area contributed by atoms with E-state index < -0.39 is 0 Å². The molecule has 0 aliphatic carbocycles. The molecular weight excluding hydrogens is 245 g/mol. The predicted octanol–water partition coefficient (Wildman–Crippen LogP) is 2.76. The Balaban J connectivity index is 1.84. The molecule has 1 atom stereocenters. The fraction of sp³-hybridized carbons (Fsp3) is 0.200. The Labute approximate surface area is 111 Å². The first-order valence-corrected chi connectivity index (χ1v) is 6.09. The Bertz CT molecular complexity index is 505. The van der Waals surface area contributed by atoms with E-state index in [9.17, 15) is 9.50 Å². The van der Waals surface area contributed by atoms with E-state index in [0.717, 1.165) is 5.56 Å². The number of rotatable bonds is 6. The lowest BCUT2D eigenvalue weighted by molar-refractivity contribution is 0.230. The Morgan fingerprint density at radius 1 is 1.26 bits per heavy atom. The van der Waals surface area contributed by atoms with Crippen molar-refractivity contribution in [3.8, 4) is 0 Å². The molecule has 1 unspecified atom stereocenters. The van der Waals surface area contributed by atoms with Crippen LogP contribution in [0.4, 0.5) is 4.39 Å². The molecule has 2 aromatic rings. The van der Waals surface area contributed by atoms with Crippen LogP contribution in [0.15, 0.2) is 53.2 Å². The van der Waals surface area contributed by atoms with E-state index in [1.54, 1.807) is 24.5 Å². The first kappa shape index (κ1) is 13.5. The van der Waals surface area contributed by atoms with E-state index >= 15 is 0 Å². The van der Waals surface area contributed by atoms with Crippen molar-refractivity contribution in [2.45, 2.75) is 6.04 Å². The number of hydrogen-bond donors (Lipinski definition) is 2. The van der Waals surface area contributed by atoms with E-state index in [1.807, 2.05) is 18.2 Å². The van der Waals surface area contributed by atoms with Crippen LogP contribution in [-0.4, -0.2) is 18.3 Å². The van der Waals surface area contributed by atoms with Gasteiger partial charge >= 0.3 is 0 Å². The van der Waals surface area contributed by atoms with Crippen molar-refractivity contribution in [2.24, 2.45) is 0 Å². The molecule has 0 aliphatic heterocycles. The quantitative estimate of drug-likeness (QED) is 0.840. The Morgan fingerprint density at radius 2 is 2.05 bits per heavy atom. The van der Waals surface area contributed by atoms with Crippen LogP contribution in [0.5, 0.6) is 0 Å². The lowest BCUT2D eigenvalue weighted by atomic mass is 10.2. The summed E-state index contributed by atoms with van der Waals surface area (Å²) in [5.41, 5.74) is 0.932. The number of furan rings is 1. The van der Waals surface area contributed by atoms with Gasteiger partial charge in [0.1, 0.15) is 11.6 Å². The van der Waals surface area contributed by atoms with Crippen LogP contribution in [0.1, 0.15) is 17.4 Å². The zero-order valence-corrected chi connectivity index (χ0v) is 10.4. The van der Waals surface area contributed by atoms with Crippen LogP contribution in [0.25, 0.3) is 6.08 Å². The number of aliphatic hydroxyl groups is 1. The van der Waals surface area contributed by atoms with Crippen molar-refractivity contribution < 1.29 is 13.9 Å². The van der Waals surface area contributed by atoms with Gasteiger partial charge in [-0.15, -0.1) is 0 Å². The van der Waals surface area contributed by atoms with E-state index in [0.29, 0.717) is 12.3 Å². The first-order valence-electron chi connectivity index (χ1n) is 6.09. The largest absolute Gasteiger partial charge is 0.468 e. The number of aliphatic hydroxyl groups excluding tert-OH is 1. The van der Waals surface area contributed by atoms with Crippen LogP contribution >= 0.6 is 0 Å². The number of halogens is 1. The van der Waals surface area contributed by atoms with Gasteiger partial charge in [0.15, 0.2) is 0 Å². The monoisotopic (exact) mass is 261 g/mol. The fourth-order valence-electron chi connectivity index (χ4n) is 1.72. The second kappa shape index (κ2) is 6.87. The molecular formula is C15H16FNO2. The van der Waals surface area contributed by atoms with E-state index in [1.165, 1.54) is 12.1 Å². The number of hydrogen-bond acceptors (Lipinski definition) is 3. The Morgan fingerprint density at radius 3 is 2.68 bits per heavy atom. The zero-order valence-electron chi connectivity index (χ0n) is 10.4. The van der Waals surface area contributed by atoms with E-state index in [2.05, 4.69) is 5.32 Å². The summed E-state index contributed by atoms with van der Waals surface area (Å²) in [5, 5.41) is 12.4. The smallest absolute Gasteiger partial charge is 0.123 e. The van der Waals surface area contributed by atoms with Crippen LogP contribution in [-0.2, 0) is 0 Å². The molecule has 0 spiro atoms. The molecule has 1 heterocycles. The number of nitrogens with one attached hydrogen (secondary N) is 1. The molecule has 0 aliphatic rings. The molecule has 0 fully saturated rings. The zero-order chi connectivity index (χ0) is 13.5. The lowest BCUT2D eigenvalue weighted by Gasteiger charge is -2.11. The van der Waals surface area contributed by atoms with Gasteiger partial charge in [-0.05, 0) is 29.8 Å². The number of benzene rings is 1.